The molecular weight excluding hydrogens is 544 g/mol. The molecule has 242 valence electrons. The first-order valence-electron chi connectivity index (χ1n) is 15.9. The van der Waals surface area contributed by atoms with Crippen molar-refractivity contribution in [3.8, 4) is 0 Å². The summed E-state index contributed by atoms with van der Waals surface area (Å²) in [6.07, 6.45) is 30.7. The summed E-state index contributed by atoms with van der Waals surface area (Å²) >= 11 is 0. The van der Waals surface area contributed by atoms with Gasteiger partial charge in [0.25, 0.3) is 0 Å². The van der Waals surface area contributed by atoms with Crippen molar-refractivity contribution in [1.29, 1.82) is 0 Å². The first kappa shape index (κ1) is 37.4. The second kappa shape index (κ2) is 15.5. The molecule has 0 saturated heterocycles. The smallest absolute Gasteiger partial charge is 0.117 e. The first-order chi connectivity index (χ1) is 20.3. The standard InChI is InChI=1S/C40H58O4/c1-29(17-13-19-31(3)21-22-36-33(5)25-34(41)26-37(36,6)7)15-11-12-16-30(2)18-14-20-32(4)23-24-40(44)38(8,9)27-35(42)28-39(40,10)43/h11-25,34-36,41-44H,26-28H2,1-10H3/b12-11+,17-13+,18-14+,22-21+,24-23+,29-15+,30-16+,31-19+,32-20+/t34-,35-,36-,39-,40-/m0/s1. The molecule has 0 amide bonds. The van der Waals surface area contributed by atoms with E-state index in [0.29, 0.717) is 12.3 Å². The molecule has 2 aliphatic rings. The Morgan fingerprint density at radius 1 is 0.682 bits per heavy atom. The molecule has 0 aliphatic heterocycles. The fourth-order valence-electron chi connectivity index (χ4n) is 6.57. The van der Waals surface area contributed by atoms with E-state index < -0.39 is 22.7 Å². The van der Waals surface area contributed by atoms with E-state index in [1.165, 1.54) is 11.1 Å². The van der Waals surface area contributed by atoms with Crippen molar-refractivity contribution < 1.29 is 20.4 Å². The van der Waals surface area contributed by atoms with E-state index in [4.69, 9.17) is 0 Å². The summed E-state index contributed by atoms with van der Waals surface area (Å²) in [5.74, 6) is 0.330. The molecule has 0 aromatic heterocycles. The van der Waals surface area contributed by atoms with Crippen LogP contribution in [0.2, 0.25) is 0 Å². The highest BCUT2D eigenvalue weighted by Gasteiger charge is 2.58. The lowest BCUT2D eigenvalue weighted by atomic mass is 9.57. The van der Waals surface area contributed by atoms with Gasteiger partial charge in [0.15, 0.2) is 0 Å². The Kier molecular flexibility index (Phi) is 13.2. The topological polar surface area (TPSA) is 80.9 Å². The van der Waals surface area contributed by atoms with Crippen molar-refractivity contribution in [3.05, 3.63) is 119 Å². The monoisotopic (exact) mass is 602 g/mol. The molecule has 0 unspecified atom stereocenters. The van der Waals surface area contributed by atoms with E-state index in [1.54, 1.807) is 13.0 Å². The molecule has 1 saturated carbocycles. The molecule has 0 heterocycles. The van der Waals surface area contributed by atoms with Gasteiger partial charge < -0.3 is 20.4 Å². The number of hydrogen-bond acceptors (Lipinski definition) is 4. The summed E-state index contributed by atoms with van der Waals surface area (Å²) in [4.78, 5) is 0. The van der Waals surface area contributed by atoms with Crippen molar-refractivity contribution in [2.75, 3.05) is 0 Å². The fourth-order valence-corrected chi connectivity index (χ4v) is 6.57. The van der Waals surface area contributed by atoms with Gasteiger partial charge in [-0.2, -0.15) is 0 Å². The summed E-state index contributed by atoms with van der Waals surface area (Å²) in [5, 5.41) is 42.5. The fraction of sp³-hybridized carbons (Fsp3) is 0.500. The van der Waals surface area contributed by atoms with Gasteiger partial charge in [-0.05, 0) is 65.9 Å². The normalized spacial score (nSPS) is 32.6. The highest BCUT2D eigenvalue weighted by atomic mass is 16.4. The summed E-state index contributed by atoms with van der Waals surface area (Å²) < 4.78 is 0. The predicted octanol–water partition coefficient (Wildman–Crippen LogP) is 8.57. The van der Waals surface area contributed by atoms with Crippen LogP contribution < -0.4 is 0 Å². The first-order valence-corrected chi connectivity index (χ1v) is 15.9. The van der Waals surface area contributed by atoms with Gasteiger partial charge in [-0.3, -0.25) is 0 Å². The molecule has 0 aromatic carbocycles. The van der Waals surface area contributed by atoms with Crippen LogP contribution in [0.15, 0.2) is 119 Å². The zero-order valence-electron chi connectivity index (χ0n) is 28.8. The van der Waals surface area contributed by atoms with Crippen molar-refractivity contribution in [2.24, 2.45) is 16.7 Å². The van der Waals surface area contributed by atoms with Crippen LogP contribution in [0.25, 0.3) is 0 Å². The van der Waals surface area contributed by atoms with Crippen molar-refractivity contribution in [1.82, 2.24) is 0 Å². The van der Waals surface area contributed by atoms with Crippen molar-refractivity contribution in [2.45, 2.75) is 112 Å². The van der Waals surface area contributed by atoms with Gasteiger partial charge in [0.1, 0.15) is 5.60 Å². The molecule has 0 spiro atoms. The van der Waals surface area contributed by atoms with E-state index in [1.807, 2.05) is 70.2 Å². The second-order valence-corrected chi connectivity index (χ2v) is 14.6. The van der Waals surface area contributed by atoms with E-state index in [0.717, 1.165) is 23.1 Å². The lowest BCUT2D eigenvalue weighted by Gasteiger charge is -2.54. The molecular formula is C40H58O4. The van der Waals surface area contributed by atoms with Crippen molar-refractivity contribution in [3.63, 3.8) is 0 Å². The minimum Gasteiger partial charge on any atom is -0.393 e. The van der Waals surface area contributed by atoms with Crippen LogP contribution in [0.1, 0.15) is 88.5 Å². The third-order valence-corrected chi connectivity index (χ3v) is 9.16. The number of hydrogen-bond donors (Lipinski definition) is 4. The van der Waals surface area contributed by atoms with E-state index in [9.17, 15) is 20.4 Å². The molecule has 0 bridgehead atoms. The largest absolute Gasteiger partial charge is 0.393 e. The summed E-state index contributed by atoms with van der Waals surface area (Å²) in [6.45, 7) is 20.1. The maximum atomic E-state index is 11.4. The number of rotatable bonds is 10. The number of aliphatic hydroxyl groups is 4. The zero-order valence-corrected chi connectivity index (χ0v) is 28.8. The Labute approximate surface area is 267 Å². The van der Waals surface area contributed by atoms with E-state index >= 15 is 0 Å². The number of aliphatic hydroxyl groups excluding tert-OH is 2. The Morgan fingerprint density at radius 2 is 1.16 bits per heavy atom. The third-order valence-electron chi connectivity index (χ3n) is 9.16. The van der Waals surface area contributed by atoms with Gasteiger partial charge in [0.05, 0.1) is 17.8 Å². The second-order valence-electron chi connectivity index (χ2n) is 14.6. The average Bonchev–Trinajstić information content (AvgIpc) is 2.87. The van der Waals surface area contributed by atoms with Crippen LogP contribution in [0, 0.1) is 16.7 Å². The molecule has 2 rings (SSSR count). The summed E-state index contributed by atoms with van der Waals surface area (Å²) in [7, 11) is 0. The quantitative estimate of drug-likeness (QED) is 0.149. The molecule has 44 heavy (non-hydrogen) atoms. The van der Waals surface area contributed by atoms with Crippen LogP contribution in [0.3, 0.4) is 0 Å². The lowest BCUT2D eigenvalue weighted by molar-refractivity contribution is -0.216. The minimum absolute atomic E-state index is 0.0406. The Morgan fingerprint density at radius 3 is 1.66 bits per heavy atom. The maximum Gasteiger partial charge on any atom is 0.117 e. The number of allylic oxidation sites excluding steroid dienone is 18. The maximum absolute atomic E-state index is 11.4. The van der Waals surface area contributed by atoms with Gasteiger partial charge in [-0.1, -0.05) is 141 Å². The zero-order chi connectivity index (χ0) is 33.3. The molecule has 1 fully saturated rings. The predicted molar refractivity (Wildman–Crippen MR) is 187 cm³/mol. The Hall–Kier alpha value is -2.76. The average molecular weight is 603 g/mol. The Balaban J connectivity index is 1.93. The van der Waals surface area contributed by atoms with Crippen molar-refractivity contribution >= 4 is 0 Å². The van der Waals surface area contributed by atoms with E-state index in [-0.39, 0.29) is 17.9 Å². The highest BCUT2D eigenvalue weighted by Crippen LogP contribution is 2.50. The molecule has 0 aromatic rings. The molecule has 5 atom stereocenters. The highest BCUT2D eigenvalue weighted by molar-refractivity contribution is 5.33. The molecule has 4 N–H and O–H groups in total. The molecule has 2 aliphatic carbocycles. The van der Waals surface area contributed by atoms with Crippen LogP contribution in [-0.4, -0.2) is 43.8 Å². The van der Waals surface area contributed by atoms with Gasteiger partial charge in [0.2, 0.25) is 0 Å². The van der Waals surface area contributed by atoms with E-state index in [2.05, 4.69) is 77.2 Å². The SMILES string of the molecule is CC1=C[C@H](O)CC(C)(C)[C@H]1/C=C/C(C)=C/C=C/C(C)=C/C=C/C=C(C)/C=C/C=C(C)/C=C/[C@]1(O)C(C)(C)C[C@H](O)C[C@]1(C)O. The van der Waals surface area contributed by atoms with Crippen LogP contribution in [0.5, 0.6) is 0 Å². The molecule has 4 nitrogen and oxygen atoms in total. The van der Waals surface area contributed by atoms with Gasteiger partial charge >= 0.3 is 0 Å². The third kappa shape index (κ3) is 10.4. The van der Waals surface area contributed by atoms with Crippen LogP contribution >= 0.6 is 0 Å². The lowest BCUT2D eigenvalue weighted by Crippen LogP contribution is -2.65. The van der Waals surface area contributed by atoms with Gasteiger partial charge in [0, 0.05) is 17.8 Å². The molecule has 4 heteroatoms. The van der Waals surface area contributed by atoms with Gasteiger partial charge in [-0.25, -0.2) is 0 Å². The molecule has 0 radical (unpaired) electrons. The Bertz CT molecular complexity index is 1280. The van der Waals surface area contributed by atoms with Crippen LogP contribution in [0.4, 0.5) is 0 Å². The summed E-state index contributed by atoms with van der Waals surface area (Å²) in [5.41, 5.74) is 2.13. The van der Waals surface area contributed by atoms with Gasteiger partial charge in [-0.15, -0.1) is 0 Å². The summed E-state index contributed by atoms with van der Waals surface area (Å²) in [6, 6.07) is 0. The van der Waals surface area contributed by atoms with Crippen LogP contribution in [-0.2, 0) is 0 Å². The minimum atomic E-state index is -1.44.